The molecule has 4 rings (SSSR count). The molecule has 0 spiro atoms. The lowest BCUT2D eigenvalue weighted by Crippen LogP contribution is -2.46. The first kappa shape index (κ1) is 38.1. The molecule has 2 aromatic rings. The molecule has 1 aromatic carbocycles. The van der Waals surface area contributed by atoms with Gasteiger partial charge in [-0.05, 0) is 66.8 Å². The maximum atomic E-state index is 13.8. The predicted molar refractivity (Wildman–Crippen MR) is 183 cm³/mol. The number of carboxylic acid groups (broad SMARTS) is 1. The van der Waals surface area contributed by atoms with E-state index in [1.165, 1.54) is 37.7 Å². The van der Waals surface area contributed by atoms with Crippen molar-refractivity contribution in [1.29, 1.82) is 0 Å². The summed E-state index contributed by atoms with van der Waals surface area (Å²) >= 11 is 0. The normalized spacial score (nSPS) is 15.5. The van der Waals surface area contributed by atoms with E-state index in [-0.39, 0.29) is 18.6 Å². The number of carboxylic acids is 1. The van der Waals surface area contributed by atoms with E-state index in [0.29, 0.717) is 18.5 Å². The Balaban J connectivity index is 0.000000678. The highest BCUT2D eigenvalue weighted by Gasteiger charge is 2.27. The number of pyridine rings is 1. The fourth-order valence-electron chi connectivity index (χ4n) is 5.77. The molecule has 3 atom stereocenters. The molecule has 0 saturated heterocycles. The Hall–Kier alpha value is -3.13. The molecule has 2 heterocycles. The molecule has 1 saturated carbocycles. The highest BCUT2D eigenvalue weighted by atomic mass is 16.7. The van der Waals surface area contributed by atoms with Crippen LogP contribution in [0.15, 0.2) is 42.7 Å². The van der Waals surface area contributed by atoms with Crippen LogP contribution in [0.4, 0.5) is 5.69 Å². The van der Waals surface area contributed by atoms with Crippen LogP contribution in [-0.2, 0) is 9.59 Å². The van der Waals surface area contributed by atoms with Gasteiger partial charge < -0.3 is 19.5 Å². The number of carbonyl (C=O) groups is 2. The second kappa shape index (κ2) is 20.8. The number of aromatic nitrogens is 1. The van der Waals surface area contributed by atoms with Crippen LogP contribution in [0.2, 0.25) is 0 Å². The van der Waals surface area contributed by atoms with Gasteiger partial charge in [0.2, 0.25) is 12.7 Å². The summed E-state index contributed by atoms with van der Waals surface area (Å²) < 4.78 is 11.1. The molecule has 45 heavy (non-hydrogen) atoms. The van der Waals surface area contributed by atoms with E-state index in [1.807, 2.05) is 23.1 Å². The minimum atomic E-state index is -0.833. The predicted octanol–water partition coefficient (Wildman–Crippen LogP) is 8.55. The van der Waals surface area contributed by atoms with Crippen LogP contribution in [0.5, 0.6) is 11.5 Å². The quantitative estimate of drug-likeness (QED) is 0.212. The first-order chi connectivity index (χ1) is 21.6. The summed E-state index contributed by atoms with van der Waals surface area (Å²) in [6, 6.07) is 10.5. The van der Waals surface area contributed by atoms with Gasteiger partial charge in [-0.15, -0.1) is 0 Å². The molecule has 1 N–H and O–H groups in total. The smallest absolute Gasteiger partial charge is 0.300 e. The SMILES string of the molecule is CC(=O)O.CC1CCC1.CCCCN(C(=O)CN(C[C@@H](C)c1ccc2c(c1)OCO2)[C@H](CC)CC(C)CCC)c1cccnc1. The maximum Gasteiger partial charge on any atom is 0.300 e. The van der Waals surface area contributed by atoms with Gasteiger partial charge >= 0.3 is 0 Å². The lowest BCUT2D eigenvalue weighted by Gasteiger charge is -2.36. The summed E-state index contributed by atoms with van der Waals surface area (Å²) in [5, 5.41) is 7.42. The van der Waals surface area contributed by atoms with Crippen LogP contribution in [0.25, 0.3) is 0 Å². The van der Waals surface area contributed by atoms with Crippen molar-refractivity contribution in [2.45, 2.75) is 118 Å². The molecule has 0 radical (unpaired) electrons. The van der Waals surface area contributed by atoms with Crippen molar-refractivity contribution in [3.05, 3.63) is 48.3 Å². The molecule has 1 unspecified atom stereocenters. The average Bonchev–Trinajstić information content (AvgIpc) is 3.47. The van der Waals surface area contributed by atoms with E-state index in [4.69, 9.17) is 19.4 Å². The Labute approximate surface area is 272 Å². The summed E-state index contributed by atoms with van der Waals surface area (Å²) in [7, 11) is 0. The van der Waals surface area contributed by atoms with Crippen molar-refractivity contribution in [1.82, 2.24) is 9.88 Å². The van der Waals surface area contributed by atoms with E-state index in [9.17, 15) is 4.79 Å². The molecular weight excluding hydrogens is 566 g/mol. The summed E-state index contributed by atoms with van der Waals surface area (Å²) in [5.41, 5.74) is 2.09. The Morgan fingerprint density at radius 2 is 1.76 bits per heavy atom. The summed E-state index contributed by atoms with van der Waals surface area (Å²) in [4.78, 5) is 31.4. The number of hydrogen-bond acceptors (Lipinski definition) is 6. The van der Waals surface area contributed by atoms with Gasteiger partial charge in [-0.1, -0.05) is 86.1 Å². The van der Waals surface area contributed by atoms with Gasteiger partial charge in [0, 0.05) is 32.3 Å². The fourth-order valence-corrected chi connectivity index (χ4v) is 5.77. The number of benzene rings is 1. The molecule has 1 aliphatic heterocycles. The topological polar surface area (TPSA) is 92.2 Å². The Kier molecular flexibility index (Phi) is 17.6. The summed E-state index contributed by atoms with van der Waals surface area (Å²) in [6.07, 6.45) is 14.6. The molecule has 1 fully saturated rings. The number of nitrogens with zero attached hydrogens (tertiary/aromatic N) is 3. The minimum Gasteiger partial charge on any atom is -0.481 e. The van der Waals surface area contributed by atoms with Crippen molar-refractivity contribution >= 4 is 17.6 Å². The molecule has 0 bridgehead atoms. The molecule has 1 amide bonds. The second-order valence-corrected chi connectivity index (χ2v) is 12.8. The van der Waals surface area contributed by atoms with Crippen LogP contribution in [0, 0.1) is 11.8 Å². The first-order valence-corrected chi connectivity index (χ1v) is 17.1. The fraction of sp³-hybridized carbons (Fsp3) is 0.649. The third-order valence-electron chi connectivity index (χ3n) is 8.64. The minimum absolute atomic E-state index is 0.149. The molecule has 1 aromatic heterocycles. The molecule has 252 valence electrons. The summed E-state index contributed by atoms with van der Waals surface area (Å²) in [6.45, 7) is 16.9. The number of hydrogen-bond donors (Lipinski definition) is 1. The molecule has 1 aliphatic carbocycles. The van der Waals surface area contributed by atoms with Gasteiger partial charge in [0.1, 0.15) is 0 Å². The third-order valence-corrected chi connectivity index (χ3v) is 8.64. The molecular formula is C37H59N3O5. The van der Waals surface area contributed by atoms with Gasteiger partial charge in [-0.3, -0.25) is 19.5 Å². The lowest BCUT2D eigenvalue weighted by molar-refractivity contribution is -0.134. The zero-order valence-corrected chi connectivity index (χ0v) is 29.0. The Morgan fingerprint density at radius 3 is 2.31 bits per heavy atom. The van der Waals surface area contributed by atoms with Gasteiger partial charge in [0.25, 0.3) is 5.97 Å². The largest absolute Gasteiger partial charge is 0.481 e. The summed E-state index contributed by atoms with van der Waals surface area (Å²) in [5.74, 6) is 2.89. The number of unbranched alkanes of at least 4 members (excludes halogenated alkanes) is 1. The van der Waals surface area contributed by atoms with Gasteiger partial charge in [-0.2, -0.15) is 0 Å². The Bertz CT molecular complexity index is 1120. The number of carbonyl (C=O) groups excluding carboxylic acids is 1. The molecule has 2 aliphatic rings. The van der Waals surface area contributed by atoms with E-state index in [1.54, 1.807) is 12.4 Å². The number of fused-ring (bicyclic) bond motifs is 1. The van der Waals surface area contributed by atoms with Gasteiger partial charge in [0.05, 0.1) is 18.4 Å². The number of aliphatic carboxylic acids is 1. The van der Waals surface area contributed by atoms with Crippen LogP contribution in [-0.4, -0.2) is 59.3 Å². The molecule has 8 nitrogen and oxygen atoms in total. The number of rotatable bonds is 15. The van der Waals surface area contributed by atoms with E-state index < -0.39 is 5.97 Å². The van der Waals surface area contributed by atoms with E-state index in [0.717, 1.165) is 68.8 Å². The van der Waals surface area contributed by atoms with Crippen molar-refractivity contribution in [2.75, 3.05) is 31.3 Å². The van der Waals surface area contributed by atoms with Crippen molar-refractivity contribution in [2.24, 2.45) is 11.8 Å². The number of ether oxygens (including phenoxy) is 2. The highest BCUT2D eigenvalue weighted by molar-refractivity contribution is 5.94. The van der Waals surface area contributed by atoms with Crippen LogP contribution < -0.4 is 14.4 Å². The van der Waals surface area contributed by atoms with E-state index >= 15 is 0 Å². The highest BCUT2D eigenvalue weighted by Crippen LogP contribution is 2.35. The number of amides is 1. The lowest BCUT2D eigenvalue weighted by atomic mass is 9.88. The maximum absolute atomic E-state index is 13.8. The van der Waals surface area contributed by atoms with Crippen molar-refractivity contribution in [3.8, 4) is 11.5 Å². The standard InChI is InChI=1S/C30H45N3O3.C5H10.C2H4O2/c1-6-9-16-33(27-12-10-15-31-19-27)30(34)21-32(26(8-3)17-23(4)11-7-2)20-24(5)25-13-14-28-29(18-25)36-22-35-28;1-5-3-2-4-5;1-2(3)4/h10,12-15,18-19,23-24,26H,6-9,11,16-17,20-22H2,1-5H3;5H,2-4H2,1H3;1H3,(H,3,4)/t23?,24-,26-;;/m1../s1. The zero-order valence-electron chi connectivity index (χ0n) is 29.0. The van der Waals surface area contributed by atoms with E-state index in [2.05, 4.69) is 63.6 Å². The second-order valence-electron chi connectivity index (χ2n) is 12.8. The van der Waals surface area contributed by atoms with Crippen LogP contribution in [0.1, 0.15) is 118 Å². The van der Waals surface area contributed by atoms with Gasteiger partial charge in [-0.25, -0.2) is 0 Å². The Morgan fingerprint density at radius 1 is 1.07 bits per heavy atom. The van der Waals surface area contributed by atoms with Crippen molar-refractivity contribution < 1.29 is 24.2 Å². The monoisotopic (exact) mass is 625 g/mol. The number of anilines is 1. The zero-order chi connectivity index (χ0) is 33.2. The average molecular weight is 626 g/mol. The first-order valence-electron chi connectivity index (χ1n) is 17.1. The van der Waals surface area contributed by atoms with Gasteiger partial charge in [0.15, 0.2) is 11.5 Å². The van der Waals surface area contributed by atoms with Crippen LogP contribution in [0.3, 0.4) is 0 Å². The van der Waals surface area contributed by atoms with Crippen LogP contribution >= 0.6 is 0 Å². The molecule has 8 heteroatoms. The van der Waals surface area contributed by atoms with Crippen molar-refractivity contribution in [3.63, 3.8) is 0 Å². The third kappa shape index (κ3) is 13.8.